The standard InChI is InChI=1S/C13H17BrIN/c14-12-8-11(6-7-13(12)15)16-9-10-4-2-1-3-5-10/h6-8,10,16H,1-5,9H2. The van der Waals surface area contributed by atoms with Gasteiger partial charge in [0.1, 0.15) is 0 Å². The number of halogens is 2. The molecule has 88 valence electrons. The number of nitrogens with one attached hydrogen (secondary N) is 1. The molecule has 0 aliphatic heterocycles. The van der Waals surface area contributed by atoms with E-state index >= 15 is 0 Å². The van der Waals surface area contributed by atoms with Crippen molar-refractivity contribution in [2.24, 2.45) is 5.92 Å². The Morgan fingerprint density at radius 2 is 2.00 bits per heavy atom. The predicted octanol–water partition coefficient (Wildman–Crippen LogP) is 5.05. The van der Waals surface area contributed by atoms with E-state index in [4.69, 9.17) is 0 Å². The van der Waals surface area contributed by atoms with Gasteiger partial charge in [0, 0.05) is 20.3 Å². The van der Waals surface area contributed by atoms with Gasteiger partial charge in [-0.15, -0.1) is 0 Å². The molecule has 16 heavy (non-hydrogen) atoms. The van der Waals surface area contributed by atoms with Crippen LogP contribution < -0.4 is 5.32 Å². The fraction of sp³-hybridized carbons (Fsp3) is 0.538. The van der Waals surface area contributed by atoms with Crippen molar-refractivity contribution in [1.29, 1.82) is 0 Å². The van der Waals surface area contributed by atoms with Crippen LogP contribution in [-0.4, -0.2) is 6.54 Å². The van der Waals surface area contributed by atoms with Crippen LogP contribution in [0.2, 0.25) is 0 Å². The molecule has 3 heteroatoms. The van der Waals surface area contributed by atoms with Gasteiger partial charge in [-0.1, -0.05) is 19.3 Å². The summed E-state index contributed by atoms with van der Waals surface area (Å²) >= 11 is 5.90. The second-order valence-corrected chi connectivity index (χ2v) is 6.53. The van der Waals surface area contributed by atoms with Gasteiger partial charge >= 0.3 is 0 Å². The van der Waals surface area contributed by atoms with E-state index in [0.29, 0.717) is 0 Å². The summed E-state index contributed by atoms with van der Waals surface area (Å²) in [6.07, 6.45) is 7.08. The minimum absolute atomic E-state index is 0.881. The summed E-state index contributed by atoms with van der Waals surface area (Å²) in [5.74, 6) is 0.881. The molecule has 1 aromatic rings. The Morgan fingerprint density at radius 1 is 1.25 bits per heavy atom. The van der Waals surface area contributed by atoms with Crippen molar-refractivity contribution in [3.05, 3.63) is 26.2 Å². The molecule has 0 amide bonds. The topological polar surface area (TPSA) is 12.0 Å². The van der Waals surface area contributed by atoms with Crippen LogP contribution in [0.25, 0.3) is 0 Å². The number of rotatable bonds is 3. The first-order valence-corrected chi connectivity index (χ1v) is 7.82. The normalized spacial score (nSPS) is 17.4. The number of benzene rings is 1. The van der Waals surface area contributed by atoms with E-state index in [1.54, 1.807) is 0 Å². The monoisotopic (exact) mass is 393 g/mol. The fourth-order valence-corrected chi connectivity index (χ4v) is 2.97. The molecule has 1 aliphatic carbocycles. The number of anilines is 1. The van der Waals surface area contributed by atoms with Crippen molar-refractivity contribution >= 4 is 44.2 Å². The molecular formula is C13H17BrIN. The molecule has 1 N–H and O–H groups in total. The quantitative estimate of drug-likeness (QED) is 0.709. The van der Waals surface area contributed by atoms with Crippen LogP contribution in [0.5, 0.6) is 0 Å². The third-order valence-electron chi connectivity index (χ3n) is 3.24. The largest absolute Gasteiger partial charge is 0.385 e. The van der Waals surface area contributed by atoms with Crippen LogP contribution in [0.3, 0.4) is 0 Å². The fourth-order valence-electron chi connectivity index (χ4n) is 2.26. The van der Waals surface area contributed by atoms with Gasteiger partial charge in [0.05, 0.1) is 0 Å². The molecule has 0 unspecified atom stereocenters. The third kappa shape index (κ3) is 3.62. The zero-order chi connectivity index (χ0) is 11.4. The van der Waals surface area contributed by atoms with E-state index in [-0.39, 0.29) is 0 Å². The van der Waals surface area contributed by atoms with Gasteiger partial charge in [0.2, 0.25) is 0 Å². The molecule has 0 saturated heterocycles. The Balaban J connectivity index is 1.86. The molecule has 1 aromatic carbocycles. The van der Waals surface area contributed by atoms with Gasteiger partial charge in [-0.2, -0.15) is 0 Å². The van der Waals surface area contributed by atoms with Gasteiger partial charge in [0.25, 0.3) is 0 Å². The maximum atomic E-state index is 3.56. The van der Waals surface area contributed by atoms with E-state index < -0.39 is 0 Å². The Kier molecular flexibility index (Phi) is 4.95. The van der Waals surface area contributed by atoms with Crippen LogP contribution in [-0.2, 0) is 0 Å². The van der Waals surface area contributed by atoms with Crippen molar-refractivity contribution in [3.8, 4) is 0 Å². The lowest BCUT2D eigenvalue weighted by Crippen LogP contribution is -2.17. The van der Waals surface area contributed by atoms with E-state index in [2.05, 4.69) is 62.0 Å². The van der Waals surface area contributed by atoms with Gasteiger partial charge in [-0.25, -0.2) is 0 Å². The van der Waals surface area contributed by atoms with Crippen molar-refractivity contribution in [2.45, 2.75) is 32.1 Å². The van der Waals surface area contributed by atoms with E-state index in [1.807, 2.05) is 0 Å². The second kappa shape index (κ2) is 6.24. The van der Waals surface area contributed by atoms with Crippen molar-refractivity contribution < 1.29 is 0 Å². The maximum Gasteiger partial charge on any atom is 0.0352 e. The smallest absolute Gasteiger partial charge is 0.0352 e. The van der Waals surface area contributed by atoms with Gasteiger partial charge < -0.3 is 5.32 Å². The highest BCUT2D eigenvalue weighted by Crippen LogP contribution is 2.26. The summed E-state index contributed by atoms with van der Waals surface area (Å²) < 4.78 is 2.45. The summed E-state index contributed by atoms with van der Waals surface area (Å²) in [4.78, 5) is 0. The lowest BCUT2D eigenvalue weighted by molar-refractivity contribution is 0.373. The zero-order valence-electron chi connectivity index (χ0n) is 9.31. The molecule has 0 aromatic heterocycles. The summed E-state index contributed by atoms with van der Waals surface area (Å²) in [7, 11) is 0. The summed E-state index contributed by atoms with van der Waals surface area (Å²) in [6, 6.07) is 6.48. The van der Waals surface area contributed by atoms with E-state index in [0.717, 1.165) is 12.5 Å². The Hall–Kier alpha value is 0.230. The van der Waals surface area contributed by atoms with Crippen molar-refractivity contribution in [3.63, 3.8) is 0 Å². The van der Waals surface area contributed by atoms with Crippen LogP contribution in [0, 0.1) is 9.49 Å². The SMILES string of the molecule is Brc1cc(NCC2CCCCC2)ccc1I. The average Bonchev–Trinajstić information content (AvgIpc) is 2.32. The molecule has 1 nitrogen and oxygen atoms in total. The zero-order valence-corrected chi connectivity index (χ0v) is 13.1. The molecule has 0 atom stereocenters. The van der Waals surface area contributed by atoms with Gasteiger partial charge in [-0.3, -0.25) is 0 Å². The molecule has 1 aliphatic rings. The molecular weight excluding hydrogens is 377 g/mol. The Morgan fingerprint density at radius 3 is 2.69 bits per heavy atom. The first-order chi connectivity index (χ1) is 7.75. The lowest BCUT2D eigenvalue weighted by atomic mass is 9.89. The minimum Gasteiger partial charge on any atom is -0.385 e. The summed E-state index contributed by atoms with van der Waals surface area (Å²) in [5, 5.41) is 3.55. The highest BCUT2D eigenvalue weighted by Gasteiger charge is 2.12. The lowest BCUT2D eigenvalue weighted by Gasteiger charge is -2.22. The highest BCUT2D eigenvalue weighted by molar-refractivity contribution is 14.1. The minimum atomic E-state index is 0.881. The molecule has 0 radical (unpaired) electrons. The number of hydrogen-bond acceptors (Lipinski definition) is 1. The van der Waals surface area contributed by atoms with Crippen LogP contribution >= 0.6 is 38.5 Å². The first kappa shape index (κ1) is 12.7. The Bertz CT molecular complexity index is 348. The van der Waals surface area contributed by atoms with Gasteiger partial charge in [0.15, 0.2) is 0 Å². The number of hydrogen-bond donors (Lipinski definition) is 1. The molecule has 1 saturated carbocycles. The molecule has 0 spiro atoms. The van der Waals surface area contributed by atoms with Crippen molar-refractivity contribution in [2.75, 3.05) is 11.9 Å². The van der Waals surface area contributed by atoms with Gasteiger partial charge in [-0.05, 0) is 75.5 Å². The predicted molar refractivity (Wildman–Crippen MR) is 81.9 cm³/mol. The first-order valence-electron chi connectivity index (χ1n) is 5.94. The van der Waals surface area contributed by atoms with E-state index in [9.17, 15) is 0 Å². The molecule has 0 heterocycles. The maximum absolute atomic E-state index is 3.56. The molecule has 2 rings (SSSR count). The molecule has 0 bridgehead atoms. The highest BCUT2D eigenvalue weighted by atomic mass is 127. The van der Waals surface area contributed by atoms with Crippen molar-refractivity contribution in [1.82, 2.24) is 0 Å². The van der Waals surface area contributed by atoms with Crippen LogP contribution in [0.1, 0.15) is 32.1 Å². The summed E-state index contributed by atoms with van der Waals surface area (Å²) in [5.41, 5.74) is 1.23. The molecule has 1 fully saturated rings. The average molecular weight is 394 g/mol. The third-order valence-corrected chi connectivity index (χ3v) is 5.58. The Labute approximate surface area is 120 Å². The second-order valence-electron chi connectivity index (χ2n) is 4.51. The summed E-state index contributed by atoms with van der Waals surface area (Å²) in [6.45, 7) is 1.13. The van der Waals surface area contributed by atoms with Crippen LogP contribution in [0.15, 0.2) is 22.7 Å². The van der Waals surface area contributed by atoms with Crippen LogP contribution in [0.4, 0.5) is 5.69 Å². The van der Waals surface area contributed by atoms with E-state index in [1.165, 1.54) is 45.8 Å².